The van der Waals surface area contributed by atoms with Crippen LogP contribution in [0.15, 0.2) is 42.7 Å². The van der Waals surface area contributed by atoms with Gasteiger partial charge in [-0.1, -0.05) is 30.3 Å². The number of benzene rings is 1. The molecule has 3 rings (SSSR count). The van der Waals surface area contributed by atoms with E-state index in [0.717, 1.165) is 39.0 Å². The summed E-state index contributed by atoms with van der Waals surface area (Å²) in [5.74, 6) is 0.824. The molecule has 1 N–H and O–H groups in total. The normalized spacial score (nSPS) is 22.3. The first kappa shape index (κ1) is 16.2. The van der Waals surface area contributed by atoms with Gasteiger partial charge in [0.1, 0.15) is 0 Å². The van der Waals surface area contributed by atoms with Crippen LogP contribution in [-0.4, -0.2) is 46.0 Å². The Balaban J connectivity index is 1.56. The monoisotopic (exact) mass is 313 g/mol. The number of rotatable bonds is 6. The van der Waals surface area contributed by atoms with Crippen molar-refractivity contribution in [2.75, 3.05) is 26.2 Å². The molecule has 2 atom stereocenters. The first-order valence-electron chi connectivity index (χ1n) is 8.69. The first-order valence-corrected chi connectivity index (χ1v) is 8.69. The van der Waals surface area contributed by atoms with Crippen molar-refractivity contribution in [2.24, 2.45) is 5.92 Å². The van der Waals surface area contributed by atoms with Crippen molar-refractivity contribution in [2.45, 2.75) is 32.2 Å². The van der Waals surface area contributed by atoms with Gasteiger partial charge in [0.05, 0.1) is 6.20 Å². The minimum absolute atomic E-state index is 0.268. The van der Waals surface area contributed by atoms with Gasteiger partial charge >= 0.3 is 0 Å². The molecule has 1 saturated heterocycles. The highest BCUT2D eigenvalue weighted by Gasteiger charge is 2.29. The van der Waals surface area contributed by atoms with Gasteiger partial charge in [-0.05, 0) is 43.4 Å². The largest absolute Gasteiger partial charge is 0.396 e. The number of hydrogen-bond donors (Lipinski definition) is 1. The van der Waals surface area contributed by atoms with Crippen LogP contribution >= 0.6 is 0 Å². The number of aliphatic hydroxyl groups excluding tert-OH is 1. The average molecular weight is 313 g/mol. The molecule has 124 valence electrons. The summed E-state index contributed by atoms with van der Waals surface area (Å²) < 4.78 is 1.98. The molecule has 2 aromatic rings. The summed E-state index contributed by atoms with van der Waals surface area (Å²) in [6.07, 6.45) is 6.28. The molecule has 0 spiro atoms. The lowest BCUT2D eigenvalue weighted by atomic mass is 9.81. The van der Waals surface area contributed by atoms with Gasteiger partial charge < -0.3 is 10.0 Å². The van der Waals surface area contributed by atoms with Crippen LogP contribution in [0, 0.1) is 5.92 Å². The lowest BCUT2D eigenvalue weighted by molar-refractivity contribution is 0.103. The molecule has 0 bridgehead atoms. The van der Waals surface area contributed by atoms with E-state index in [2.05, 4.69) is 53.5 Å². The second kappa shape index (κ2) is 7.75. The maximum Gasteiger partial charge on any atom is 0.0522 e. The van der Waals surface area contributed by atoms with Crippen LogP contribution < -0.4 is 0 Å². The van der Waals surface area contributed by atoms with Crippen LogP contribution in [0.1, 0.15) is 30.4 Å². The summed E-state index contributed by atoms with van der Waals surface area (Å²) in [7, 11) is 0. The molecule has 0 unspecified atom stereocenters. The summed E-state index contributed by atoms with van der Waals surface area (Å²) >= 11 is 0. The van der Waals surface area contributed by atoms with Gasteiger partial charge in [-0.25, -0.2) is 0 Å². The smallest absolute Gasteiger partial charge is 0.0522 e. The number of aromatic nitrogens is 2. The van der Waals surface area contributed by atoms with Crippen molar-refractivity contribution in [1.82, 2.24) is 14.7 Å². The van der Waals surface area contributed by atoms with Crippen molar-refractivity contribution < 1.29 is 5.11 Å². The van der Waals surface area contributed by atoms with E-state index in [0.29, 0.717) is 11.8 Å². The third-order valence-electron chi connectivity index (χ3n) is 5.01. The Morgan fingerprint density at radius 1 is 1.26 bits per heavy atom. The summed E-state index contributed by atoms with van der Waals surface area (Å²) in [5, 5.41) is 14.2. The molecule has 1 aliphatic rings. The zero-order valence-electron chi connectivity index (χ0n) is 13.9. The van der Waals surface area contributed by atoms with Crippen molar-refractivity contribution in [3.05, 3.63) is 53.9 Å². The van der Waals surface area contributed by atoms with E-state index >= 15 is 0 Å². The molecule has 2 heterocycles. The lowest BCUT2D eigenvalue weighted by Crippen LogP contribution is -2.41. The third kappa shape index (κ3) is 4.01. The van der Waals surface area contributed by atoms with E-state index in [4.69, 9.17) is 0 Å². The third-order valence-corrected chi connectivity index (χ3v) is 5.01. The Morgan fingerprint density at radius 3 is 2.78 bits per heavy atom. The zero-order valence-corrected chi connectivity index (χ0v) is 13.9. The van der Waals surface area contributed by atoms with E-state index < -0.39 is 0 Å². The molecular formula is C19H27N3O. The molecule has 0 amide bonds. The molecule has 23 heavy (non-hydrogen) atoms. The highest BCUT2D eigenvalue weighted by Crippen LogP contribution is 2.32. The standard InChI is InChI=1S/C19H27N3O/c1-2-22-13-16(12-20-22)8-10-21-11-9-19(18(14-21)15-23)17-6-4-3-5-7-17/h3-7,12-13,18-19,23H,2,8-11,14-15H2,1H3/t18-,19+/m1/s1. The molecule has 4 nitrogen and oxygen atoms in total. The molecule has 0 radical (unpaired) electrons. The van der Waals surface area contributed by atoms with Gasteiger partial charge in [-0.3, -0.25) is 4.68 Å². The van der Waals surface area contributed by atoms with E-state index in [-0.39, 0.29) is 6.61 Å². The number of aryl methyl sites for hydroxylation is 1. The Morgan fingerprint density at radius 2 is 2.09 bits per heavy atom. The Kier molecular flexibility index (Phi) is 5.47. The molecule has 1 fully saturated rings. The quantitative estimate of drug-likeness (QED) is 0.891. The van der Waals surface area contributed by atoms with Gasteiger partial charge in [0.25, 0.3) is 0 Å². The maximum absolute atomic E-state index is 9.82. The molecule has 0 saturated carbocycles. The highest BCUT2D eigenvalue weighted by molar-refractivity contribution is 5.21. The Bertz CT molecular complexity index is 596. The number of aliphatic hydroxyl groups is 1. The van der Waals surface area contributed by atoms with Crippen molar-refractivity contribution in [3.8, 4) is 0 Å². The number of hydrogen-bond acceptors (Lipinski definition) is 3. The van der Waals surface area contributed by atoms with E-state index in [9.17, 15) is 5.11 Å². The summed E-state index contributed by atoms with van der Waals surface area (Å²) in [4.78, 5) is 2.49. The minimum atomic E-state index is 0.268. The van der Waals surface area contributed by atoms with Crippen LogP contribution in [0.25, 0.3) is 0 Å². The average Bonchev–Trinajstić information content (AvgIpc) is 3.08. The predicted molar refractivity (Wildman–Crippen MR) is 92.4 cm³/mol. The first-order chi connectivity index (χ1) is 11.3. The topological polar surface area (TPSA) is 41.3 Å². The zero-order chi connectivity index (χ0) is 16.1. The molecule has 4 heteroatoms. The summed E-state index contributed by atoms with van der Waals surface area (Å²) in [5.41, 5.74) is 2.67. The van der Waals surface area contributed by atoms with Crippen molar-refractivity contribution in [1.29, 1.82) is 0 Å². The fraction of sp³-hybridized carbons (Fsp3) is 0.526. The van der Waals surface area contributed by atoms with Gasteiger partial charge in [0, 0.05) is 38.4 Å². The highest BCUT2D eigenvalue weighted by atomic mass is 16.3. The number of piperidine rings is 1. The summed E-state index contributed by atoms with van der Waals surface area (Å²) in [6, 6.07) is 10.6. The Hall–Kier alpha value is -1.65. The van der Waals surface area contributed by atoms with Gasteiger partial charge in [-0.15, -0.1) is 0 Å². The van der Waals surface area contributed by atoms with E-state index in [1.807, 2.05) is 10.9 Å². The molecular weight excluding hydrogens is 286 g/mol. The summed E-state index contributed by atoms with van der Waals surface area (Å²) in [6.45, 7) is 6.44. The number of likely N-dealkylation sites (tertiary alicyclic amines) is 1. The predicted octanol–water partition coefficient (Wildman–Crippen LogP) is 2.54. The van der Waals surface area contributed by atoms with Gasteiger partial charge in [0.2, 0.25) is 0 Å². The van der Waals surface area contributed by atoms with Crippen LogP contribution in [0.4, 0.5) is 0 Å². The van der Waals surface area contributed by atoms with Crippen LogP contribution in [-0.2, 0) is 13.0 Å². The van der Waals surface area contributed by atoms with Crippen LogP contribution in [0.2, 0.25) is 0 Å². The van der Waals surface area contributed by atoms with Gasteiger partial charge in [0.15, 0.2) is 0 Å². The molecule has 1 aliphatic heterocycles. The molecule has 1 aromatic heterocycles. The fourth-order valence-corrected chi connectivity index (χ4v) is 3.63. The van der Waals surface area contributed by atoms with Gasteiger partial charge in [-0.2, -0.15) is 5.10 Å². The van der Waals surface area contributed by atoms with Crippen molar-refractivity contribution >= 4 is 0 Å². The second-order valence-corrected chi connectivity index (χ2v) is 6.50. The van der Waals surface area contributed by atoms with E-state index in [1.54, 1.807) is 0 Å². The second-order valence-electron chi connectivity index (χ2n) is 6.50. The van der Waals surface area contributed by atoms with Crippen LogP contribution in [0.5, 0.6) is 0 Å². The maximum atomic E-state index is 9.82. The lowest BCUT2D eigenvalue weighted by Gasteiger charge is -2.38. The SMILES string of the molecule is CCn1cc(CCN2CC[C@@H](c3ccccc3)[C@@H](CO)C2)cn1. The van der Waals surface area contributed by atoms with E-state index in [1.165, 1.54) is 11.1 Å². The Labute approximate surface area is 138 Å². The molecule has 1 aromatic carbocycles. The van der Waals surface area contributed by atoms with Crippen molar-refractivity contribution in [3.63, 3.8) is 0 Å². The van der Waals surface area contributed by atoms with Crippen LogP contribution in [0.3, 0.4) is 0 Å². The fourth-order valence-electron chi connectivity index (χ4n) is 3.63. The minimum Gasteiger partial charge on any atom is -0.396 e. The molecule has 0 aliphatic carbocycles. The number of nitrogens with zero attached hydrogens (tertiary/aromatic N) is 3.